The lowest BCUT2D eigenvalue weighted by Crippen LogP contribution is -2.39. The number of hydrogen-bond donors (Lipinski definition) is 1. The van der Waals surface area contributed by atoms with E-state index in [2.05, 4.69) is 17.4 Å². The molecule has 0 heterocycles. The molecule has 1 aromatic carbocycles. The minimum Gasteiger partial charge on any atom is -0.468 e. The van der Waals surface area contributed by atoms with Gasteiger partial charge in [0.25, 0.3) is 0 Å². The van der Waals surface area contributed by atoms with Gasteiger partial charge < -0.3 is 4.74 Å². The van der Waals surface area contributed by atoms with Crippen LogP contribution in [0.2, 0.25) is 5.02 Å². The van der Waals surface area contributed by atoms with Gasteiger partial charge in [-0.15, -0.1) is 12.6 Å². The van der Waals surface area contributed by atoms with Gasteiger partial charge in [0.15, 0.2) is 5.41 Å². The Bertz CT molecular complexity index is 416. The third-order valence-electron chi connectivity index (χ3n) is 2.44. The van der Waals surface area contributed by atoms with E-state index in [1.807, 2.05) is 0 Å². The highest BCUT2D eigenvalue weighted by atomic mass is 35.5. The fourth-order valence-corrected chi connectivity index (χ4v) is 1.66. The van der Waals surface area contributed by atoms with Crippen LogP contribution in [0.25, 0.3) is 0 Å². The summed E-state index contributed by atoms with van der Waals surface area (Å²) >= 11 is 9.47. The summed E-state index contributed by atoms with van der Waals surface area (Å²) in [7, 11) is 1.23. The summed E-state index contributed by atoms with van der Waals surface area (Å²) in [5.41, 5.74) is -0.897. The molecule has 0 amide bonds. The monoisotopic (exact) mass is 258 g/mol. The Hall–Kier alpha value is -1.00. The van der Waals surface area contributed by atoms with Gasteiger partial charge in [0, 0.05) is 5.02 Å². The van der Waals surface area contributed by atoms with Gasteiger partial charge in [-0.3, -0.25) is 9.59 Å². The van der Waals surface area contributed by atoms with Gasteiger partial charge in [0.1, 0.15) is 0 Å². The minimum absolute atomic E-state index is 0.503. The average molecular weight is 259 g/mol. The van der Waals surface area contributed by atoms with Gasteiger partial charge in [-0.25, -0.2) is 0 Å². The number of carbonyl (C=O) groups excluding carboxylic acids is 2. The number of carbonyl (C=O) groups is 2. The predicted molar refractivity (Wildman–Crippen MR) is 64.8 cm³/mol. The Kier molecular flexibility index (Phi) is 3.99. The first-order valence-electron chi connectivity index (χ1n) is 4.50. The molecule has 0 bridgehead atoms. The fraction of sp³-hybridized carbons (Fsp3) is 0.273. The highest BCUT2D eigenvalue weighted by Gasteiger charge is 2.42. The lowest BCUT2D eigenvalue weighted by atomic mass is 9.84. The van der Waals surface area contributed by atoms with Crippen LogP contribution < -0.4 is 0 Å². The van der Waals surface area contributed by atoms with E-state index in [-0.39, 0.29) is 0 Å². The third-order valence-corrected chi connectivity index (χ3v) is 3.14. The Morgan fingerprint density at radius 2 is 1.81 bits per heavy atom. The maximum atomic E-state index is 11.6. The van der Waals surface area contributed by atoms with E-state index >= 15 is 0 Å². The van der Waals surface area contributed by atoms with Crippen molar-refractivity contribution in [2.45, 2.75) is 12.3 Å². The van der Waals surface area contributed by atoms with Crippen molar-refractivity contribution in [3.8, 4) is 0 Å². The maximum absolute atomic E-state index is 11.6. The first-order chi connectivity index (χ1) is 7.42. The van der Waals surface area contributed by atoms with Crippen LogP contribution in [0.15, 0.2) is 24.3 Å². The fourth-order valence-electron chi connectivity index (χ4n) is 1.32. The molecule has 5 heteroatoms. The molecule has 1 atom stereocenters. The Labute approximate surface area is 104 Å². The number of benzene rings is 1. The number of ether oxygens (including phenoxy) is 1. The lowest BCUT2D eigenvalue weighted by molar-refractivity contribution is -0.149. The van der Waals surface area contributed by atoms with E-state index in [0.29, 0.717) is 10.6 Å². The van der Waals surface area contributed by atoms with Gasteiger partial charge in [-0.05, 0) is 24.6 Å². The van der Waals surface area contributed by atoms with E-state index in [0.717, 1.165) is 0 Å². The second-order valence-electron chi connectivity index (χ2n) is 3.43. The summed E-state index contributed by atoms with van der Waals surface area (Å²) in [5.74, 6) is -0.644. The van der Waals surface area contributed by atoms with Gasteiger partial charge in [-0.2, -0.15) is 0 Å². The van der Waals surface area contributed by atoms with E-state index in [1.165, 1.54) is 14.0 Å². The van der Waals surface area contributed by atoms with Crippen molar-refractivity contribution in [3.63, 3.8) is 0 Å². The highest BCUT2D eigenvalue weighted by molar-refractivity contribution is 7.96. The van der Waals surface area contributed by atoms with Crippen molar-refractivity contribution in [2.75, 3.05) is 7.11 Å². The third kappa shape index (κ3) is 2.23. The molecule has 3 nitrogen and oxygen atoms in total. The van der Waals surface area contributed by atoms with Crippen molar-refractivity contribution >= 4 is 35.3 Å². The summed E-state index contributed by atoms with van der Waals surface area (Å²) in [6, 6.07) is 6.42. The lowest BCUT2D eigenvalue weighted by Gasteiger charge is -2.23. The zero-order valence-corrected chi connectivity index (χ0v) is 10.5. The van der Waals surface area contributed by atoms with Crippen molar-refractivity contribution in [2.24, 2.45) is 0 Å². The molecule has 1 rings (SSSR count). The number of thiol groups is 1. The molecular weight excluding hydrogens is 248 g/mol. The zero-order chi connectivity index (χ0) is 12.3. The number of esters is 1. The van der Waals surface area contributed by atoms with Crippen LogP contribution in [0.3, 0.4) is 0 Å². The average Bonchev–Trinajstić information content (AvgIpc) is 2.27. The molecule has 0 fully saturated rings. The molecular formula is C11H11ClO3S. The molecule has 0 radical (unpaired) electrons. The second-order valence-corrected chi connectivity index (χ2v) is 4.27. The van der Waals surface area contributed by atoms with Gasteiger partial charge >= 0.3 is 5.97 Å². The second kappa shape index (κ2) is 4.89. The van der Waals surface area contributed by atoms with Crippen LogP contribution in [0.5, 0.6) is 0 Å². The number of hydrogen-bond acceptors (Lipinski definition) is 3. The van der Waals surface area contributed by atoms with E-state index in [1.54, 1.807) is 24.3 Å². The molecule has 0 spiro atoms. The topological polar surface area (TPSA) is 43.4 Å². The Morgan fingerprint density at radius 1 is 1.31 bits per heavy atom. The summed E-state index contributed by atoms with van der Waals surface area (Å²) in [5, 5.41) is -0.0377. The molecule has 0 N–H and O–H groups in total. The summed E-state index contributed by atoms with van der Waals surface area (Å²) in [6.07, 6.45) is 0. The molecule has 0 saturated heterocycles. The quantitative estimate of drug-likeness (QED) is 0.514. The largest absolute Gasteiger partial charge is 0.468 e. The first kappa shape index (κ1) is 13.1. The van der Waals surface area contributed by atoms with Crippen molar-refractivity contribution in [3.05, 3.63) is 34.9 Å². The van der Waals surface area contributed by atoms with Crippen molar-refractivity contribution < 1.29 is 14.3 Å². The maximum Gasteiger partial charge on any atom is 0.324 e. The molecule has 0 aliphatic rings. The minimum atomic E-state index is -1.40. The van der Waals surface area contributed by atoms with Crippen LogP contribution in [0.4, 0.5) is 0 Å². The molecule has 16 heavy (non-hydrogen) atoms. The first-order valence-corrected chi connectivity index (χ1v) is 5.33. The van der Waals surface area contributed by atoms with E-state index in [4.69, 9.17) is 11.6 Å². The summed E-state index contributed by atoms with van der Waals surface area (Å²) in [4.78, 5) is 23.1. The summed E-state index contributed by atoms with van der Waals surface area (Å²) < 4.78 is 4.62. The predicted octanol–water partition coefficient (Wildman–Crippen LogP) is 2.23. The normalized spacial score (nSPS) is 14.0. The van der Waals surface area contributed by atoms with Crippen LogP contribution in [0.1, 0.15) is 12.5 Å². The number of rotatable bonds is 3. The smallest absolute Gasteiger partial charge is 0.324 e. The van der Waals surface area contributed by atoms with E-state index < -0.39 is 16.5 Å². The van der Waals surface area contributed by atoms with Crippen LogP contribution >= 0.6 is 24.2 Å². The van der Waals surface area contributed by atoms with Crippen molar-refractivity contribution in [1.29, 1.82) is 0 Å². The molecule has 0 aliphatic heterocycles. The zero-order valence-electron chi connectivity index (χ0n) is 8.86. The van der Waals surface area contributed by atoms with Crippen LogP contribution in [0, 0.1) is 0 Å². The molecule has 0 aliphatic carbocycles. The van der Waals surface area contributed by atoms with Crippen molar-refractivity contribution in [1.82, 2.24) is 0 Å². The molecule has 0 aromatic heterocycles. The van der Waals surface area contributed by atoms with Crippen LogP contribution in [-0.2, 0) is 19.7 Å². The Morgan fingerprint density at radius 3 is 2.19 bits per heavy atom. The molecule has 1 unspecified atom stereocenters. The number of methoxy groups -OCH3 is 1. The highest BCUT2D eigenvalue weighted by Crippen LogP contribution is 2.29. The van der Waals surface area contributed by atoms with Gasteiger partial charge in [0.05, 0.1) is 7.11 Å². The van der Waals surface area contributed by atoms with E-state index in [9.17, 15) is 9.59 Å². The standard InChI is InChI=1S/C11H11ClO3S/c1-11(10(14)16,9(13)15-2)7-3-5-8(12)6-4-7/h3-6H,1-2H3,(H,14,16). The Balaban J connectivity index is 3.27. The molecule has 1 aromatic rings. The number of halogens is 1. The molecule has 86 valence electrons. The summed E-state index contributed by atoms with van der Waals surface area (Å²) in [6.45, 7) is 1.47. The SMILES string of the molecule is COC(=O)C(C)(C(=O)S)c1ccc(Cl)cc1. The molecule has 0 saturated carbocycles. The van der Waals surface area contributed by atoms with Crippen LogP contribution in [-0.4, -0.2) is 18.2 Å². The van der Waals surface area contributed by atoms with Gasteiger partial charge in [0.2, 0.25) is 5.12 Å². The van der Waals surface area contributed by atoms with Gasteiger partial charge in [-0.1, -0.05) is 23.7 Å².